The van der Waals surface area contributed by atoms with E-state index in [4.69, 9.17) is 0 Å². The zero-order valence-corrected chi connectivity index (χ0v) is 7.66. The van der Waals surface area contributed by atoms with Gasteiger partial charge in [-0.05, 0) is 43.4 Å². The van der Waals surface area contributed by atoms with E-state index in [1.807, 2.05) is 11.3 Å². The van der Waals surface area contributed by atoms with E-state index in [2.05, 4.69) is 23.4 Å². The Morgan fingerprint density at radius 2 is 2.45 bits per heavy atom. The van der Waals surface area contributed by atoms with Gasteiger partial charge in [-0.15, -0.1) is 11.3 Å². The number of fused-ring (bicyclic) bond motifs is 1. The predicted molar refractivity (Wildman–Crippen MR) is 49.0 cm³/mol. The first-order valence-corrected chi connectivity index (χ1v) is 4.98. The fraction of sp³-hybridized carbons (Fsp3) is 0.556. The Balaban J connectivity index is 2.26. The van der Waals surface area contributed by atoms with Gasteiger partial charge < -0.3 is 4.90 Å². The molecule has 0 unspecified atom stereocenters. The van der Waals surface area contributed by atoms with E-state index < -0.39 is 0 Å². The number of thiophene rings is 1. The quantitative estimate of drug-likeness (QED) is 0.572. The molecule has 2 rings (SSSR count). The van der Waals surface area contributed by atoms with E-state index in [0.29, 0.717) is 0 Å². The summed E-state index contributed by atoms with van der Waals surface area (Å²) < 4.78 is 0. The minimum absolute atomic E-state index is 1.15. The van der Waals surface area contributed by atoms with Crippen LogP contribution >= 0.6 is 11.3 Å². The Morgan fingerprint density at radius 1 is 1.55 bits per heavy atom. The molecule has 1 aliphatic heterocycles. The largest absolute Gasteiger partial charge is 0.302 e. The van der Waals surface area contributed by atoms with Gasteiger partial charge in [-0.2, -0.15) is 0 Å². The number of nitrogens with zero attached hydrogens (tertiary/aromatic N) is 1. The predicted octanol–water partition coefficient (Wildman–Crippen LogP) is 2.13. The molecule has 0 amide bonds. The molecule has 0 spiro atoms. The zero-order valence-electron chi connectivity index (χ0n) is 6.84. The van der Waals surface area contributed by atoms with Crippen LogP contribution < -0.4 is 0 Å². The first-order valence-electron chi connectivity index (χ1n) is 4.10. The molecule has 11 heavy (non-hydrogen) atoms. The Kier molecular flexibility index (Phi) is 1.96. The van der Waals surface area contributed by atoms with Gasteiger partial charge in [-0.1, -0.05) is 0 Å². The van der Waals surface area contributed by atoms with Crippen LogP contribution in [0.4, 0.5) is 0 Å². The monoisotopic (exact) mass is 167 g/mol. The maximum absolute atomic E-state index is 2.40. The summed E-state index contributed by atoms with van der Waals surface area (Å²) in [5.41, 5.74) is 1.55. The highest BCUT2D eigenvalue weighted by atomic mass is 32.1. The minimum Gasteiger partial charge on any atom is -0.302 e. The fourth-order valence-electron chi connectivity index (χ4n) is 1.61. The summed E-state index contributed by atoms with van der Waals surface area (Å²) in [5, 5.41) is 2.21. The van der Waals surface area contributed by atoms with Crippen molar-refractivity contribution in [3.63, 3.8) is 0 Å². The molecule has 0 aromatic carbocycles. The molecule has 0 radical (unpaired) electrons. The average molecular weight is 167 g/mol. The van der Waals surface area contributed by atoms with Crippen LogP contribution in [0, 0.1) is 0 Å². The van der Waals surface area contributed by atoms with Gasteiger partial charge in [0.1, 0.15) is 0 Å². The SMILES string of the molecule is CN1CCCc2sccc2C1. The Morgan fingerprint density at radius 3 is 3.36 bits per heavy atom. The van der Waals surface area contributed by atoms with Crippen LogP contribution in [0.25, 0.3) is 0 Å². The highest BCUT2D eigenvalue weighted by Gasteiger charge is 2.11. The third kappa shape index (κ3) is 1.47. The molecule has 0 saturated heterocycles. The molecule has 1 aromatic rings. The van der Waals surface area contributed by atoms with Gasteiger partial charge in [-0.25, -0.2) is 0 Å². The molecule has 1 nitrogen and oxygen atoms in total. The number of hydrogen-bond donors (Lipinski definition) is 0. The van der Waals surface area contributed by atoms with Crippen molar-refractivity contribution in [3.05, 3.63) is 21.9 Å². The maximum Gasteiger partial charge on any atom is 0.0241 e. The molecule has 2 heteroatoms. The summed E-state index contributed by atoms with van der Waals surface area (Å²) in [6.45, 7) is 2.40. The van der Waals surface area contributed by atoms with Gasteiger partial charge in [0.2, 0.25) is 0 Å². The van der Waals surface area contributed by atoms with Crippen LogP contribution in [0.1, 0.15) is 16.9 Å². The molecular weight excluding hydrogens is 154 g/mol. The molecule has 0 atom stereocenters. The van der Waals surface area contributed by atoms with Crippen molar-refractivity contribution in [2.24, 2.45) is 0 Å². The third-order valence-electron chi connectivity index (χ3n) is 2.22. The van der Waals surface area contributed by atoms with E-state index in [1.165, 1.54) is 19.4 Å². The highest BCUT2D eigenvalue weighted by molar-refractivity contribution is 7.10. The van der Waals surface area contributed by atoms with Crippen molar-refractivity contribution >= 4 is 11.3 Å². The normalized spacial score (nSPS) is 19.4. The smallest absolute Gasteiger partial charge is 0.0241 e. The second kappa shape index (κ2) is 2.95. The second-order valence-electron chi connectivity index (χ2n) is 3.21. The van der Waals surface area contributed by atoms with E-state index in [0.717, 1.165) is 6.54 Å². The molecule has 0 N–H and O–H groups in total. The van der Waals surface area contributed by atoms with Gasteiger partial charge in [0, 0.05) is 11.4 Å². The number of aryl methyl sites for hydroxylation is 1. The van der Waals surface area contributed by atoms with Crippen LogP contribution in [0.5, 0.6) is 0 Å². The van der Waals surface area contributed by atoms with Crippen molar-refractivity contribution in [3.8, 4) is 0 Å². The standard InChI is InChI=1S/C9H13NS/c1-10-5-2-3-9-8(7-10)4-6-11-9/h4,6H,2-3,5,7H2,1H3. The summed E-state index contributed by atoms with van der Waals surface area (Å²) in [6, 6.07) is 2.27. The van der Waals surface area contributed by atoms with Crippen molar-refractivity contribution in [2.45, 2.75) is 19.4 Å². The van der Waals surface area contributed by atoms with Crippen LogP contribution in [-0.4, -0.2) is 18.5 Å². The van der Waals surface area contributed by atoms with Crippen LogP contribution in [-0.2, 0) is 13.0 Å². The van der Waals surface area contributed by atoms with Crippen molar-refractivity contribution in [1.82, 2.24) is 4.90 Å². The molecular formula is C9H13NS. The summed E-state index contributed by atoms with van der Waals surface area (Å²) in [5.74, 6) is 0. The van der Waals surface area contributed by atoms with Gasteiger partial charge in [0.15, 0.2) is 0 Å². The summed E-state index contributed by atoms with van der Waals surface area (Å²) in [4.78, 5) is 4.01. The number of rotatable bonds is 0. The lowest BCUT2D eigenvalue weighted by molar-refractivity contribution is 0.332. The second-order valence-corrected chi connectivity index (χ2v) is 4.21. The van der Waals surface area contributed by atoms with E-state index in [9.17, 15) is 0 Å². The molecule has 0 saturated carbocycles. The van der Waals surface area contributed by atoms with Crippen LogP contribution in [0.3, 0.4) is 0 Å². The molecule has 0 bridgehead atoms. The minimum atomic E-state index is 1.15. The molecule has 0 aliphatic carbocycles. The van der Waals surface area contributed by atoms with E-state index in [-0.39, 0.29) is 0 Å². The van der Waals surface area contributed by atoms with Gasteiger partial charge in [0.25, 0.3) is 0 Å². The molecule has 1 aliphatic rings. The first kappa shape index (κ1) is 7.32. The lowest BCUT2D eigenvalue weighted by atomic mass is 10.2. The Hall–Kier alpha value is -0.340. The summed E-state index contributed by atoms with van der Waals surface area (Å²) in [7, 11) is 2.20. The topological polar surface area (TPSA) is 3.24 Å². The maximum atomic E-state index is 2.40. The lowest BCUT2D eigenvalue weighted by Gasteiger charge is -2.11. The van der Waals surface area contributed by atoms with Crippen molar-refractivity contribution in [1.29, 1.82) is 0 Å². The highest BCUT2D eigenvalue weighted by Crippen LogP contribution is 2.22. The zero-order chi connectivity index (χ0) is 7.68. The van der Waals surface area contributed by atoms with Crippen LogP contribution in [0.2, 0.25) is 0 Å². The van der Waals surface area contributed by atoms with E-state index >= 15 is 0 Å². The van der Waals surface area contributed by atoms with Gasteiger partial charge in [-0.3, -0.25) is 0 Å². The molecule has 0 fully saturated rings. The molecule has 1 aromatic heterocycles. The third-order valence-corrected chi connectivity index (χ3v) is 3.24. The fourth-order valence-corrected chi connectivity index (χ4v) is 2.55. The Bertz CT molecular complexity index is 241. The van der Waals surface area contributed by atoms with Crippen LogP contribution in [0.15, 0.2) is 11.4 Å². The Labute approximate surface area is 71.7 Å². The van der Waals surface area contributed by atoms with Gasteiger partial charge >= 0.3 is 0 Å². The molecule has 60 valence electrons. The summed E-state index contributed by atoms with van der Waals surface area (Å²) in [6.07, 6.45) is 2.61. The lowest BCUT2D eigenvalue weighted by Crippen LogP contribution is -2.16. The number of hydrogen-bond acceptors (Lipinski definition) is 2. The van der Waals surface area contributed by atoms with Gasteiger partial charge in [0.05, 0.1) is 0 Å². The van der Waals surface area contributed by atoms with Crippen molar-refractivity contribution in [2.75, 3.05) is 13.6 Å². The first-order chi connectivity index (χ1) is 5.36. The molecule has 2 heterocycles. The van der Waals surface area contributed by atoms with Crippen molar-refractivity contribution < 1.29 is 0 Å². The average Bonchev–Trinajstić information content (AvgIpc) is 2.31. The summed E-state index contributed by atoms with van der Waals surface area (Å²) >= 11 is 1.91. The van der Waals surface area contributed by atoms with E-state index in [1.54, 1.807) is 10.4 Å².